The molecule has 2 aromatic heterocycles. The molecular formula is C53H33N3O. The van der Waals surface area contributed by atoms with E-state index in [0.29, 0.717) is 17.5 Å². The number of para-hydroxylation sites is 1. The summed E-state index contributed by atoms with van der Waals surface area (Å²) in [6.07, 6.45) is 0. The minimum absolute atomic E-state index is 0.584. The average Bonchev–Trinajstić information content (AvgIpc) is 3.68. The number of fused-ring (bicyclic) bond motifs is 5. The topological polar surface area (TPSA) is 51.8 Å². The van der Waals surface area contributed by atoms with Crippen molar-refractivity contribution in [1.82, 2.24) is 15.0 Å². The minimum atomic E-state index is 0.584. The van der Waals surface area contributed by atoms with E-state index in [1.54, 1.807) is 0 Å². The standard InChI is InChI=1S/C53H33N3O/c1-3-15-36(16-4-1)43-30-29-42(33-47(43)40-27-25-34-13-7-9-19-38(34)31-40)52-54-51(41-28-26-35-14-8-10-20-39(35)32-41)55-53(56-52)46-23-12-24-48-49(46)45-22-11-21-44(50(45)57-48)37-17-5-2-6-18-37/h1-33H. The van der Waals surface area contributed by atoms with Crippen LogP contribution < -0.4 is 0 Å². The molecule has 0 unspecified atom stereocenters. The summed E-state index contributed by atoms with van der Waals surface area (Å²) >= 11 is 0. The molecule has 0 spiro atoms. The van der Waals surface area contributed by atoms with Crippen LogP contribution >= 0.6 is 0 Å². The van der Waals surface area contributed by atoms with Crippen molar-refractivity contribution in [2.45, 2.75) is 0 Å². The van der Waals surface area contributed by atoms with Gasteiger partial charge in [0.1, 0.15) is 11.2 Å². The van der Waals surface area contributed by atoms with Gasteiger partial charge in [0.05, 0.1) is 0 Å². The van der Waals surface area contributed by atoms with Crippen molar-refractivity contribution in [2.75, 3.05) is 0 Å². The molecule has 0 N–H and O–H groups in total. The molecule has 0 aliphatic heterocycles. The fraction of sp³-hybridized carbons (Fsp3) is 0. The maximum absolute atomic E-state index is 6.66. The Morgan fingerprint density at radius 2 is 0.825 bits per heavy atom. The highest BCUT2D eigenvalue weighted by Crippen LogP contribution is 2.41. The number of benzene rings is 9. The van der Waals surface area contributed by atoms with E-state index in [1.807, 2.05) is 18.2 Å². The average molecular weight is 728 g/mol. The normalized spacial score (nSPS) is 11.5. The van der Waals surface area contributed by atoms with Gasteiger partial charge >= 0.3 is 0 Å². The molecular weight excluding hydrogens is 695 g/mol. The van der Waals surface area contributed by atoms with Crippen LogP contribution in [0.3, 0.4) is 0 Å². The Balaban J connectivity index is 1.15. The first kappa shape index (κ1) is 32.7. The molecule has 9 aromatic carbocycles. The fourth-order valence-electron chi connectivity index (χ4n) is 8.11. The first-order chi connectivity index (χ1) is 28.2. The molecule has 2 heterocycles. The Morgan fingerprint density at radius 1 is 0.298 bits per heavy atom. The van der Waals surface area contributed by atoms with Crippen molar-refractivity contribution in [3.05, 3.63) is 200 Å². The van der Waals surface area contributed by atoms with E-state index in [9.17, 15) is 0 Å². The molecule has 0 radical (unpaired) electrons. The molecule has 0 aliphatic rings. The highest BCUT2D eigenvalue weighted by atomic mass is 16.3. The molecule has 57 heavy (non-hydrogen) atoms. The third kappa shape index (κ3) is 5.83. The molecule has 4 nitrogen and oxygen atoms in total. The Hall–Kier alpha value is -7.69. The molecule has 0 bridgehead atoms. The third-order valence-corrected chi connectivity index (χ3v) is 10.9. The zero-order valence-corrected chi connectivity index (χ0v) is 30.8. The van der Waals surface area contributed by atoms with E-state index in [2.05, 4.69) is 182 Å². The summed E-state index contributed by atoms with van der Waals surface area (Å²) in [6.45, 7) is 0. The van der Waals surface area contributed by atoms with Gasteiger partial charge in [0.15, 0.2) is 17.5 Å². The Labute approximate surface area is 329 Å². The highest BCUT2D eigenvalue weighted by Gasteiger charge is 2.20. The van der Waals surface area contributed by atoms with Crippen LogP contribution in [0.25, 0.3) is 111 Å². The molecule has 266 valence electrons. The summed E-state index contributed by atoms with van der Waals surface area (Å²) in [5.74, 6) is 1.79. The van der Waals surface area contributed by atoms with Crippen LogP contribution in [-0.2, 0) is 0 Å². The number of hydrogen-bond donors (Lipinski definition) is 0. The van der Waals surface area contributed by atoms with Crippen molar-refractivity contribution in [3.8, 4) is 67.5 Å². The lowest BCUT2D eigenvalue weighted by molar-refractivity contribution is 0.670. The molecule has 0 saturated carbocycles. The van der Waals surface area contributed by atoms with Crippen molar-refractivity contribution in [2.24, 2.45) is 0 Å². The summed E-state index contributed by atoms with van der Waals surface area (Å²) in [5.41, 5.74) is 11.0. The van der Waals surface area contributed by atoms with Crippen LogP contribution in [0.5, 0.6) is 0 Å². The quantitative estimate of drug-likeness (QED) is 0.171. The van der Waals surface area contributed by atoms with Gasteiger partial charge < -0.3 is 4.42 Å². The van der Waals surface area contributed by atoms with Crippen LogP contribution in [0.1, 0.15) is 0 Å². The Morgan fingerprint density at radius 3 is 1.53 bits per heavy atom. The monoisotopic (exact) mass is 727 g/mol. The van der Waals surface area contributed by atoms with Crippen molar-refractivity contribution < 1.29 is 4.42 Å². The van der Waals surface area contributed by atoms with Gasteiger partial charge in [-0.15, -0.1) is 0 Å². The minimum Gasteiger partial charge on any atom is -0.455 e. The lowest BCUT2D eigenvalue weighted by atomic mass is 9.91. The maximum atomic E-state index is 6.66. The zero-order chi connectivity index (χ0) is 37.7. The molecule has 0 fully saturated rings. The number of nitrogens with zero attached hydrogens (tertiary/aromatic N) is 3. The van der Waals surface area contributed by atoms with Gasteiger partial charge in [0, 0.05) is 33.0 Å². The fourth-order valence-corrected chi connectivity index (χ4v) is 8.11. The summed E-state index contributed by atoms with van der Waals surface area (Å²) in [5, 5.41) is 6.68. The first-order valence-electron chi connectivity index (χ1n) is 19.2. The second kappa shape index (κ2) is 13.6. The van der Waals surface area contributed by atoms with Crippen molar-refractivity contribution in [1.29, 1.82) is 0 Å². The SMILES string of the molecule is c1ccc(-c2ccc(-c3nc(-c4ccc5ccccc5c4)nc(-c4cccc5oc6c(-c7ccccc7)cccc6c45)n3)cc2-c2ccc3ccccc3c2)cc1. The molecule has 0 aliphatic carbocycles. The predicted octanol–water partition coefficient (Wildman–Crippen LogP) is 14.1. The van der Waals surface area contributed by atoms with E-state index < -0.39 is 0 Å². The van der Waals surface area contributed by atoms with Gasteiger partial charge in [0.2, 0.25) is 0 Å². The summed E-state index contributed by atoms with van der Waals surface area (Å²) in [6, 6.07) is 69.9. The number of rotatable bonds is 6. The Kier molecular flexibility index (Phi) is 7.78. The van der Waals surface area contributed by atoms with Crippen LogP contribution in [0.2, 0.25) is 0 Å². The van der Waals surface area contributed by atoms with Crippen LogP contribution in [0.15, 0.2) is 205 Å². The van der Waals surface area contributed by atoms with Gasteiger partial charge in [-0.3, -0.25) is 0 Å². The predicted molar refractivity (Wildman–Crippen MR) is 235 cm³/mol. The van der Waals surface area contributed by atoms with E-state index in [4.69, 9.17) is 19.4 Å². The summed E-state index contributed by atoms with van der Waals surface area (Å²) < 4.78 is 6.66. The van der Waals surface area contributed by atoms with Crippen molar-refractivity contribution in [3.63, 3.8) is 0 Å². The van der Waals surface area contributed by atoms with Crippen molar-refractivity contribution >= 4 is 43.5 Å². The molecule has 11 rings (SSSR count). The van der Waals surface area contributed by atoms with Gasteiger partial charge in [-0.25, -0.2) is 15.0 Å². The maximum Gasteiger partial charge on any atom is 0.164 e. The lowest BCUT2D eigenvalue weighted by Gasteiger charge is -2.14. The van der Waals surface area contributed by atoms with Gasteiger partial charge in [-0.1, -0.05) is 176 Å². The molecule has 0 amide bonds. The van der Waals surface area contributed by atoms with E-state index in [0.717, 1.165) is 82.8 Å². The van der Waals surface area contributed by atoms with E-state index in [1.165, 1.54) is 10.8 Å². The zero-order valence-electron chi connectivity index (χ0n) is 30.8. The number of furan rings is 1. The molecule has 0 atom stereocenters. The highest BCUT2D eigenvalue weighted by molar-refractivity contribution is 6.15. The summed E-state index contributed by atoms with van der Waals surface area (Å²) in [7, 11) is 0. The largest absolute Gasteiger partial charge is 0.455 e. The molecule has 4 heteroatoms. The summed E-state index contributed by atoms with van der Waals surface area (Å²) in [4.78, 5) is 15.8. The second-order valence-electron chi connectivity index (χ2n) is 14.4. The van der Waals surface area contributed by atoms with Gasteiger partial charge in [-0.2, -0.15) is 0 Å². The Bertz CT molecular complexity index is 3300. The second-order valence-corrected chi connectivity index (χ2v) is 14.4. The van der Waals surface area contributed by atoms with Crippen LogP contribution in [0.4, 0.5) is 0 Å². The van der Waals surface area contributed by atoms with E-state index in [-0.39, 0.29) is 0 Å². The van der Waals surface area contributed by atoms with Crippen LogP contribution in [-0.4, -0.2) is 15.0 Å². The van der Waals surface area contributed by atoms with Gasteiger partial charge in [0.25, 0.3) is 0 Å². The first-order valence-corrected chi connectivity index (χ1v) is 19.2. The number of aromatic nitrogens is 3. The van der Waals surface area contributed by atoms with Gasteiger partial charge in [-0.05, 0) is 73.6 Å². The smallest absolute Gasteiger partial charge is 0.164 e. The lowest BCUT2D eigenvalue weighted by Crippen LogP contribution is -2.01. The molecule has 0 saturated heterocycles. The number of hydrogen-bond acceptors (Lipinski definition) is 4. The molecule has 11 aromatic rings. The van der Waals surface area contributed by atoms with E-state index >= 15 is 0 Å². The third-order valence-electron chi connectivity index (χ3n) is 10.9. The van der Waals surface area contributed by atoms with Crippen LogP contribution in [0, 0.1) is 0 Å².